The van der Waals surface area contributed by atoms with Gasteiger partial charge in [-0.2, -0.15) is 0 Å². The molecule has 0 spiro atoms. The number of aromatic amines is 1. The predicted molar refractivity (Wildman–Crippen MR) is 113 cm³/mol. The van der Waals surface area contributed by atoms with Gasteiger partial charge >= 0.3 is 0 Å². The van der Waals surface area contributed by atoms with Gasteiger partial charge in [0.1, 0.15) is 5.82 Å². The first-order valence-corrected chi connectivity index (χ1v) is 10.3. The summed E-state index contributed by atoms with van der Waals surface area (Å²) in [7, 11) is 0. The lowest BCUT2D eigenvalue weighted by Crippen LogP contribution is -2.23. The first-order chi connectivity index (χ1) is 13.7. The van der Waals surface area contributed by atoms with Crippen LogP contribution in [0.1, 0.15) is 25.6 Å². The SMILES string of the molecule is CCCCn1c(SCc2nc3ccccc3c(=O)[nH]2)nc2ccccc2c1=O. The maximum absolute atomic E-state index is 12.9. The van der Waals surface area contributed by atoms with Crippen LogP contribution in [0, 0.1) is 0 Å². The van der Waals surface area contributed by atoms with Crippen molar-refractivity contribution in [1.29, 1.82) is 0 Å². The number of nitrogens with one attached hydrogen (secondary N) is 1. The van der Waals surface area contributed by atoms with Crippen molar-refractivity contribution in [3.8, 4) is 0 Å². The number of rotatable bonds is 6. The molecule has 2 heterocycles. The number of hydrogen-bond donors (Lipinski definition) is 1. The zero-order chi connectivity index (χ0) is 19.5. The summed E-state index contributed by atoms with van der Waals surface area (Å²) in [6.45, 7) is 2.72. The van der Waals surface area contributed by atoms with Crippen molar-refractivity contribution in [2.24, 2.45) is 0 Å². The van der Waals surface area contributed by atoms with Gasteiger partial charge in [0.15, 0.2) is 5.16 Å². The Labute approximate surface area is 165 Å². The quantitative estimate of drug-likeness (QED) is 0.399. The molecule has 1 N–H and O–H groups in total. The highest BCUT2D eigenvalue weighted by Gasteiger charge is 2.12. The number of aromatic nitrogens is 4. The van der Waals surface area contributed by atoms with Crippen LogP contribution in [-0.2, 0) is 12.3 Å². The van der Waals surface area contributed by atoms with Crippen molar-refractivity contribution < 1.29 is 0 Å². The molecule has 142 valence electrons. The molecule has 0 radical (unpaired) electrons. The minimum Gasteiger partial charge on any atom is -0.309 e. The first-order valence-electron chi connectivity index (χ1n) is 9.27. The van der Waals surface area contributed by atoms with Crippen molar-refractivity contribution in [1.82, 2.24) is 19.5 Å². The van der Waals surface area contributed by atoms with Crippen LogP contribution in [0.4, 0.5) is 0 Å². The fourth-order valence-electron chi connectivity index (χ4n) is 3.11. The number of para-hydroxylation sites is 2. The summed E-state index contributed by atoms with van der Waals surface area (Å²) >= 11 is 1.42. The maximum Gasteiger partial charge on any atom is 0.262 e. The molecule has 4 aromatic rings. The van der Waals surface area contributed by atoms with Crippen LogP contribution in [0.2, 0.25) is 0 Å². The monoisotopic (exact) mass is 392 g/mol. The van der Waals surface area contributed by atoms with E-state index in [2.05, 4.69) is 16.9 Å². The summed E-state index contributed by atoms with van der Waals surface area (Å²) < 4.78 is 1.73. The fraction of sp³-hybridized carbons (Fsp3) is 0.238. The summed E-state index contributed by atoms with van der Waals surface area (Å²) in [5, 5.41) is 1.84. The molecule has 0 fully saturated rings. The molecular formula is C21H20N4O2S. The van der Waals surface area contributed by atoms with Crippen molar-refractivity contribution in [3.05, 3.63) is 75.1 Å². The van der Waals surface area contributed by atoms with Gasteiger partial charge in [-0.3, -0.25) is 14.2 Å². The topological polar surface area (TPSA) is 80.6 Å². The third-order valence-electron chi connectivity index (χ3n) is 4.56. The van der Waals surface area contributed by atoms with Crippen molar-refractivity contribution in [2.75, 3.05) is 0 Å². The predicted octanol–water partition coefficient (Wildman–Crippen LogP) is 3.73. The minimum atomic E-state index is -0.156. The Morgan fingerprint density at radius 2 is 1.64 bits per heavy atom. The Kier molecular flexibility index (Phi) is 5.25. The van der Waals surface area contributed by atoms with Gasteiger partial charge in [0.25, 0.3) is 11.1 Å². The molecule has 0 amide bonds. The average molecular weight is 392 g/mol. The van der Waals surface area contributed by atoms with Crippen LogP contribution < -0.4 is 11.1 Å². The summed E-state index contributed by atoms with van der Waals surface area (Å²) in [6.07, 6.45) is 1.89. The molecule has 0 atom stereocenters. The molecule has 0 aliphatic rings. The highest BCUT2D eigenvalue weighted by molar-refractivity contribution is 7.98. The zero-order valence-electron chi connectivity index (χ0n) is 15.5. The van der Waals surface area contributed by atoms with E-state index in [1.54, 1.807) is 10.6 Å². The second kappa shape index (κ2) is 7.98. The van der Waals surface area contributed by atoms with E-state index in [1.807, 2.05) is 42.5 Å². The van der Waals surface area contributed by atoms with Gasteiger partial charge in [-0.25, -0.2) is 9.97 Å². The largest absolute Gasteiger partial charge is 0.309 e. The van der Waals surface area contributed by atoms with Crippen LogP contribution in [-0.4, -0.2) is 19.5 Å². The number of benzene rings is 2. The molecule has 2 aromatic carbocycles. The molecule has 4 rings (SSSR count). The Morgan fingerprint density at radius 3 is 2.39 bits per heavy atom. The van der Waals surface area contributed by atoms with Gasteiger partial charge in [-0.15, -0.1) is 0 Å². The number of hydrogen-bond acceptors (Lipinski definition) is 5. The molecular weight excluding hydrogens is 372 g/mol. The molecule has 0 saturated heterocycles. The highest BCUT2D eigenvalue weighted by atomic mass is 32.2. The van der Waals surface area contributed by atoms with Gasteiger partial charge in [0, 0.05) is 6.54 Å². The molecule has 6 nitrogen and oxygen atoms in total. The Morgan fingerprint density at radius 1 is 0.964 bits per heavy atom. The number of fused-ring (bicyclic) bond motifs is 2. The average Bonchev–Trinajstić information content (AvgIpc) is 2.72. The highest BCUT2D eigenvalue weighted by Crippen LogP contribution is 2.21. The molecule has 28 heavy (non-hydrogen) atoms. The van der Waals surface area contributed by atoms with E-state index in [4.69, 9.17) is 4.98 Å². The Bertz CT molecular complexity index is 1260. The van der Waals surface area contributed by atoms with Crippen LogP contribution in [0.5, 0.6) is 0 Å². The molecule has 0 aliphatic carbocycles. The van der Waals surface area contributed by atoms with Crippen LogP contribution in [0.25, 0.3) is 21.8 Å². The molecule has 0 bridgehead atoms. The second-order valence-corrected chi connectivity index (χ2v) is 7.48. The van der Waals surface area contributed by atoms with E-state index in [0.717, 1.165) is 12.8 Å². The number of unbranched alkanes of at least 4 members (excludes halogenated alkanes) is 1. The molecule has 2 aromatic heterocycles. The van der Waals surface area contributed by atoms with Crippen molar-refractivity contribution in [2.45, 2.75) is 37.2 Å². The molecule has 0 saturated carbocycles. The number of thioether (sulfide) groups is 1. The van der Waals surface area contributed by atoms with Gasteiger partial charge in [-0.1, -0.05) is 49.4 Å². The van der Waals surface area contributed by atoms with E-state index in [1.165, 1.54) is 11.8 Å². The lowest BCUT2D eigenvalue weighted by molar-refractivity contribution is 0.557. The van der Waals surface area contributed by atoms with Crippen molar-refractivity contribution in [3.63, 3.8) is 0 Å². The Hall–Kier alpha value is -2.93. The first kappa shape index (κ1) is 18.4. The van der Waals surface area contributed by atoms with E-state index in [0.29, 0.717) is 45.1 Å². The minimum absolute atomic E-state index is 0.0264. The molecule has 0 unspecified atom stereocenters. The lowest BCUT2D eigenvalue weighted by atomic mass is 10.2. The number of nitrogens with zero attached hydrogens (tertiary/aromatic N) is 3. The van der Waals surface area contributed by atoms with E-state index in [-0.39, 0.29) is 11.1 Å². The zero-order valence-corrected chi connectivity index (χ0v) is 16.3. The molecule has 0 aliphatic heterocycles. The van der Waals surface area contributed by atoms with Crippen LogP contribution in [0.3, 0.4) is 0 Å². The van der Waals surface area contributed by atoms with Crippen LogP contribution in [0.15, 0.2) is 63.3 Å². The third kappa shape index (κ3) is 3.57. The van der Waals surface area contributed by atoms with Crippen molar-refractivity contribution >= 4 is 33.6 Å². The van der Waals surface area contributed by atoms with Gasteiger partial charge in [0.2, 0.25) is 0 Å². The van der Waals surface area contributed by atoms with Gasteiger partial charge in [0.05, 0.1) is 27.6 Å². The lowest BCUT2D eigenvalue weighted by Gasteiger charge is -2.12. The Balaban J connectivity index is 1.71. The van der Waals surface area contributed by atoms with E-state index >= 15 is 0 Å². The fourth-order valence-corrected chi connectivity index (χ4v) is 4.00. The summed E-state index contributed by atoms with van der Waals surface area (Å²) in [5.74, 6) is 0.995. The van der Waals surface area contributed by atoms with Gasteiger partial charge < -0.3 is 4.98 Å². The normalized spacial score (nSPS) is 11.3. The maximum atomic E-state index is 12.9. The van der Waals surface area contributed by atoms with Gasteiger partial charge in [-0.05, 0) is 30.7 Å². The van der Waals surface area contributed by atoms with E-state index in [9.17, 15) is 9.59 Å². The standard InChI is InChI=1S/C21H20N4O2S/c1-2-3-12-25-20(27)15-9-5-7-11-17(15)23-21(25)28-13-18-22-16-10-6-4-8-14(16)19(26)24-18/h4-11H,2-3,12-13H2,1H3,(H,22,24,26). The molecule has 7 heteroatoms. The summed E-state index contributed by atoms with van der Waals surface area (Å²) in [5.41, 5.74) is 1.16. The number of H-pyrrole nitrogens is 1. The second-order valence-electron chi connectivity index (χ2n) is 6.54. The summed E-state index contributed by atoms with van der Waals surface area (Å²) in [6, 6.07) is 14.6. The smallest absolute Gasteiger partial charge is 0.262 e. The van der Waals surface area contributed by atoms with Crippen LogP contribution >= 0.6 is 11.8 Å². The van der Waals surface area contributed by atoms with E-state index < -0.39 is 0 Å². The third-order valence-corrected chi connectivity index (χ3v) is 5.55. The summed E-state index contributed by atoms with van der Waals surface area (Å²) in [4.78, 5) is 37.3.